The van der Waals surface area contributed by atoms with Crippen LogP contribution in [-0.2, 0) is 4.79 Å². The van der Waals surface area contributed by atoms with Crippen molar-refractivity contribution in [3.63, 3.8) is 0 Å². The molecule has 0 fully saturated rings. The minimum absolute atomic E-state index is 0.416. The third-order valence-corrected chi connectivity index (χ3v) is 4.52. The van der Waals surface area contributed by atoms with Gasteiger partial charge in [0.25, 0.3) is 11.7 Å². The Balaban J connectivity index is 1.88. The van der Waals surface area contributed by atoms with Crippen LogP contribution in [0.5, 0.6) is 0 Å². The molecule has 1 amide bonds. The average molecular weight is 323 g/mol. The maximum absolute atomic E-state index is 12.4. The Labute approximate surface area is 141 Å². The number of pyridine rings is 1. The number of nitrogens with zero attached hydrogens (tertiary/aromatic N) is 3. The summed E-state index contributed by atoms with van der Waals surface area (Å²) in [4.78, 5) is 32.6. The second-order valence-corrected chi connectivity index (χ2v) is 5.78. The summed E-state index contributed by atoms with van der Waals surface area (Å²) in [5, 5.41) is 0. The molecular weight excluding hydrogens is 302 g/mol. The summed E-state index contributed by atoms with van der Waals surface area (Å²) in [6.07, 6.45) is 3.43. The summed E-state index contributed by atoms with van der Waals surface area (Å²) in [5.74, 6) is -0.843. The fraction of sp³-hybridized carbons (Fsp3) is 0.316. The standard InChI is InChI=1S/C19H21N3O2/c1-3-21(4-2)11-12-22-17-6-5-15(14-7-9-20-10-8-14)13-16(17)18(23)19(22)24/h5-10,13H,3-4,11-12H2,1-2H3. The largest absolute Gasteiger partial charge is 0.303 e. The number of Topliss-reactive ketones (excluding diaryl/α,β-unsaturated/α-hetero) is 1. The lowest BCUT2D eigenvalue weighted by molar-refractivity contribution is -0.114. The molecule has 3 rings (SSSR count). The second-order valence-electron chi connectivity index (χ2n) is 5.78. The number of fused-ring (bicyclic) bond motifs is 1. The predicted octanol–water partition coefficient (Wildman–Crippen LogP) is 2.62. The second kappa shape index (κ2) is 6.93. The van der Waals surface area contributed by atoms with Gasteiger partial charge < -0.3 is 9.80 Å². The number of hydrogen-bond donors (Lipinski definition) is 0. The number of rotatable bonds is 6. The Bertz CT molecular complexity index is 754. The first-order valence-electron chi connectivity index (χ1n) is 8.28. The van der Waals surface area contributed by atoms with Crippen LogP contribution in [-0.4, -0.2) is 47.8 Å². The molecule has 0 saturated carbocycles. The molecule has 0 bridgehead atoms. The monoisotopic (exact) mass is 323 g/mol. The first-order chi connectivity index (χ1) is 11.7. The van der Waals surface area contributed by atoms with Gasteiger partial charge in [0.1, 0.15) is 0 Å². The van der Waals surface area contributed by atoms with Crippen molar-refractivity contribution in [2.24, 2.45) is 0 Å². The van der Waals surface area contributed by atoms with Crippen LogP contribution < -0.4 is 4.90 Å². The summed E-state index contributed by atoms with van der Waals surface area (Å²) < 4.78 is 0. The molecule has 1 aromatic heterocycles. The molecular formula is C19H21N3O2. The Morgan fingerprint density at radius 1 is 1.00 bits per heavy atom. The number of carbonyl (C=O) groups excluding carboxylic acids is 2. The zero-order valence-electron chi connectivity index (χ0n) is 14.0. The normalized spacial score (nSPS) is 13.7. The highest BCUT2D eigenvalue weighted by molar-refractivity contribution is 6.52. The van der Waals surface area contributed by atoms with Crippen molar-refractivity contribution >= 4 is 17.4 Å². The lowest BCUT2D eigenvalue weighted by Gasteiger charge is -2.23. The number of carbonyl (C=O) groups is 2. The number of amides is 1. The van der Waals surface area contributed by atoms with Gasteiger partial charge in [0.2, 0.25) is 0 Å². The van der Waals surface area contributed by atoms with Crippen LogP contribution in [0, 0.1) is 0 Å². The zero-order chi connectivity index (χ0) is 17.1. The van der Waals surface area contributed by atoms with Crippen molar-refractivity contribution in [1.29, 1.82) is 0 Å². The van der Waals surface area contributed by atoms with Crippen LogP contribution in [0.1, 0.15) is 24.2 Å². The summed E-state index contributed by atoms with van der Waals surface area (Å²) in [5.41, 5.74) is 3.11. The van der Waals surface area contributed by atoms with Crippen LogP contribution in [0.2, 0.25) is 0 Å². The van der Waals surface area contributed by atoms with Crippen molar-refractivity contribution in [2.45, 2.75) is 13.8 Å². The zero-order valence-corrected chi connectivity index (χ0v) is 14.0. The van der Waals surface area contributed by atoms with Gasteiger partial charge >= 0.3 is 0 Å². The van der Waals surface area contributed by atoms with Gasteiger partial charge in [-0.15, -0.1) is 0 Å². The molecule has 0 unspecified atom stereocenters. The fourth-order valence-corrected chi connectivity index (χ4v) is 3.03. The van der Waals surface area contributed by atoms with E-state index in [4.69, 9.17) is 0 Å². The number of benzene rings is 1. The number of anilines is 1. The third-order valence-electron chi connectivity index (χ3n) is 4.52. The van der Waals surface area contributed by atoms with Gasteiger partial charge in [-0.2, -0.15) is 0 Å². The first-order valence-corrected chi connectivity index (χ1v) is 8.28. The van der Waals surface area contributed by atoms with E-state index in [1.807, 2.05) is 30.3 Å². The van der Waals surface area contributed by atoms with Gasteiger partial charge in [0.15, 0.2) is 0 Å². The summed E-state index contributed by atoms with van der Waals surface area (Å²) >= 11 is 0. The Hall–Kier alpha value is -2.53. The van der Waals surface area contributed by atoms with Gasteiger partial charge in [-0.3, -0.25) is 14.6 Å². The van der Waals surface area contributed by atoms with Crippen molar-refractivity contribution in [3.8, 4) is 11.1 Å². The van der Waals surface area contributed by atoms with E-state index < -0.39 is 11.7 Å². The Morgan fingerprint density at radius 2 is 1.71 bits per heavy atom. The van der Waals surface area contributed by atoms with E-state index in [9.17, 15) is 9.59 Å². The molecule has 0 radical (unpaired) electrons. The highest BCUT2D eigenvalue weighted by Crippen LogP contribution is 2.32. The van der Waals surface area contributed by atoms with E-state index in [0.29, 0.717) is 12.1 Å². The molecule has 0 atom stereocenters. The van der Waals surface area contributed by atoms with Crippen LogP contribution >= 0.6 is 0 Å². The molecule has 0 spiro atoms. The van der Waals surface area contributed by atoms with E-state index in [-0.39, 0.29) is 0 Å². The first kappa shape index (κ1) is 16.3. The number of hydrogen-bond acceptors (Lipinski definition) is 4. The molecule has 2 aromatic rings. The molecule has 5 heteroatoms. The fourth-order valence-electron chi connectivity index (χ4n) is 3.03. The Kier molecular flexibility index (Phi) is 4.71. The average Bonchev–Trinajstić information content (AvgIpc) is 2.87. The SMILES string of the molecule is CCN(CC)CCN1C(=O)C(=O)c2cc(-c3ccncc3)ccc21. The van der Waals surface area contributed by atoms with E-state index in [2.05, 4.69) is 23.7 Å². The van der Waals surface area contributed by atoms with Gasteiger partial charge in [-0.25, -0.2) is 0 Å². The highest BCUT2D eigenvalue weighted by atomic mass is 16.2. The molecule has 0 saturated heterocycles. The molecule has 0 N–H and O–H groups in total. The summed E-state index contributed by atoms with van der Waals surface area (Å²) in [7, 11) is 0. The molecule has 1 aliphatic heterocycles. The number of ketones is 1. The maximum Gasteiger partial charge on any atom is 0.299 e. The van der Waals surface area contributed by atoms with Gasteiger partial charge in [0.05, 0.1) is 11.3 Å². The smallest absolute Gasteiger partial charge is 0.299 e. The van der Waals surface area contributed by atoms with Crippen LogP contribution in [0.3, 0.4) is 0 Å². The van der Waals surface area contributed by atoms with Crippen LogP contribution in [0.15, 0.2) is 42.7 Å². The van der Waals surface area contributed by atoms with Gasteiger partial charge in [0, 0.05) is 25.5 Å². The topological polar surface area (TPSA) is 53.5 Å². The van der Waals surface area contributed by atoms with E-state index in [1.165, 1.54) is 0 Å². The minimum Gasteiger partial charge on any atom is -0.303 e. The predicted molar refractivity (Wildman–Crippen MR) is 94.1 cm³/mol. The van der Waals surface area contributed by atoms with Crippen molar-refractivity contribution in [2.75, 3.05) is 31.1 Å². The van der Waals surface area contributed by atoms with Crippen molar-refractivity contribution in [3.05, 3.63) is 48.3 Å². The molecule has 0 aliphatic carbocycles. The highest BCUT2D eigenvalue weighted by Gasteiger charge is 2.35. The van der Waals surface area contributed by atoms with Crippen LogP contribution in [0.25, 0.3) is 11.1 Å². The molecule has 124 valence electrons. The quantitative estimate of drug-likeness (QED) is 0.767. The van der Waals surface area contributed by atoms with E-state index in [0.717, 1.165) is 36.4 Å². The molecule has 5 nitrogen and oxygen atoms in total. The van der Waals surface area contributed by atoms with Gasteiger partial charge in [-0.1, -0.05) is 19.9 Å². The van der Waals surface area contributed by atoms with Crippen LogP contribution in [0.4, 0.5) is 5.69 Å². The van der Waals surface area contributed by atoms with E-state index in [1.54, 1.807) is 17.3 Å². The third kappa shape index (κ3) is 2.95. The number of likely N-dealkylation sites (N-methyl/N-ethyl adjacent to an activating group) is 1. The van der Waals surface area contributed by atoms with Gasteiger partial charge in [-0.05, 0) is 48.5 Å². The van der Waals surface area contributed by atoms with E-state index >= 15 is 0 Å². The van der Waals surface area contributed by atoms with Crippen molar-refractivity contribution < 1.29 is 9.59 Å². The molecule has 2 heterocycles. The molecule has 1 aromatic carbocycles. The lowest BCUT2D eigenvalue weighted by atomic mass is 10.0. The number of aromatic nitrogens is 1. The summed E-state index contributed by atoms with van der Waals surface area (Å²) in [6.45, 7) is 7.34. The summed E-state index contributed by atoms with van der Waals surface area (Å²) in [6, 6.07) is 9.41. The van der Waals surface area contributed by atoms with Crippen molar-refractivity contribution in [1.82, 2.24) is 9.88 Å². The molecule has 1 aliphatic rings. The minimum atomic E-state index is -0.427. The lowest BCUT2D eigenvalue weighted by Crippen LogP contribution is -2.38. The Morgan fingerprint density at radius 3 is 2.38 bits per heavy atom. The maximum atomic E-state index is 12.4. The molecule has 24 heavy (non-hydrogen) atoms.